The Morgan fingerprint density at radius 2 is 1.87 bits per heavy atom. The second kappa shape index (κ2) is 7.29. The first-order valence-electron chi connectivity index (χ1n) is 11.6. The van der Waals surface area contributed by atoms with Crippen LogP contribution >= 0.6 is 0 Å². The highest BCUT2D eigenvalue weighted by atomic mass is 16.2. The lowest BCUT2D eigenvalue weighted by atomic mass is 9.47. The Morgan fingerprint density at radius 1 is 1.10 bits per heavy atom. The van der Waals surface area contributed by atoms with E-state index >= 15 is 0 Å². The molecule has 0 spiro atoms. The van der Waals surface area contributed by atoms with Crippen molar-refractivity contribution in [1.29, 1.82) is 0 Å². The van der Waals surface area contributed by atoms with Gasteiger partial charge in [0.05, 0.1) is 0 Å². The third-order valence-electron chi connectivity index (χ3n) is 8.88. The van der Waals surface area contributed by atoms with Gasteiger partial charge in [-0.2, -0.15) is 0 Å². The summed E-state index contributed by atoms with van der Waals surface area (Å²) in [6.45, 7) is 4.85. The average molecular weight is 418 g/mol. The van der Waals surface area contributed by atoms with Crippen LogP contribution in [0.3, 0.4) is 0 Å². The number of ketones is 2. The number of fused-ring (bicyclic) bond motifs is 5. The average Bonchev–Trinajstić information content (AvgIpc) is 3.09. The predicted octanol–water partition coefficient (Wildman–Crippen LogP) is 4.41. The van der Waals surface area contributed by atoms with E-state index in [1.165, 1.54) is 0 Å². The van der Waals surface area contributed by atoms with Crippen LogP contribution in [0.1, 0.15) is 51.5 Å². The van der Waals surface area contributed by atoms with Crippen LogP contribution in [0.25, 0.3) is 0 Å². The fourth-order valence-corrected chi connectivity index (χ4v) is 7.37. The summed E-state index contributed by atoms with van der Waals surface area (Å²) < 4.78 is 0. The lowest BCUT2D eigenvalue weighted by molar-refractivity contribution is -0.146. The fourth-order valence-electron chi connectivity index (χ4n) is 7.37. The van der Waals surface area contributed by atoms with Gasteiger partial charge < -0.3 is 5.32 Å². The molecule has 0 bridgehead atoms. The predicted molar refractivity (Wildman–Crippen MR) is 119 cm³/mol. The van der Waals surface area contributed by atoms with Crippen LogP contribution in [-0.2, 0) is 20.9 Å². The standard InChI is InChI=1S/C27H31NO3/c1-26-13-12-19(29)14-18(26)8-9-20-21-10-11-22(27(21,2)15-23(30)24(20)26)25(31)28-16-17-6-4-3-5-7-17/h3-7,12-14,20-22,24H,8-11,15-16H2,1-2H3,(H,28,31). The summed E-state index contributed by atoms with van der Waals surface area (Å²) >= 11 is 0. The smallest absolute Gasteiger partial charge is 0.223 e. The number of nitrogens with one attached hydrogen (secondary N) is 1. The lowest BCUT2D eigenvalue weighted by Gasteiger charge is -2.55. The van der Waals surface area contributed by atoms with Gasteiger partial charge in [-0.25, -0.2) is 0 Å². The second-order valence-electron chi connectivity index (χ2n) is 10.5. The zero-order valence-corrected chi connectivity index (χ0v) is 18.4. The molecule has 31 heavy (non-hydrogen) atoms. The van der Waals surface area contributed by atoms with E-state index in [1.807, 2.05) is 36.4 Å². The molecule has 0 aliphatic heterocycles. The minimum absolute atomic E-state index is 0.0371. The molecule has 0 heterocycles. The largest absolute Gasteiger partial charge is 0.352 e. The summed E-state index contributed by atoms with van der Waals surface area (Å²) in [5, 5.41) is 3.14. The molecule has 3 fully saturated rings. The molecule has 4 nitrogen and oxygen atoms in total. The quantitative estimate of drug-likeness (QED) is 0.793. The van der Waals surface area contributed by atoms with Gasteiger partial charge in [0.2, 0.25) is 5.91 Å². The van der Waals surface area contributed by atoms with Crippen LogP contribution in [0.5, 0.6) is 0 Å². The number of hydrogen-bond acceptors (Lipinski definition) is 3. The first-order chi connectivity index (χ1) is 14.8. The molecular formula is C27H31NO3. The Bertz CT molecular complexity index is 993. The van der Waals surface area contributed by atoms with Crippen LogP contribution < -0.4 is 5.32 Å². The summed E-state index contributed by atoms with van der Waals surface area (Å²) in [7, 11) is 0. The van der Waals surface area contributed by atoms with Gasteiger partial charge in [0, 0.05) is 30.2 Å². The van der Waals surface area contributed by atoms with Crippen molar-refractivity contribution >= 4 is 17.5 Å². The van der Waals surface area contributed by atoms with Gasteiger partial charge in [-0.15, -0.1) is 0 Å². The van der Waals surface area contributed by atoms with E-state index in [2.05, 4.69) is 19.2 Å². The number of allylic oxidation sites excluding steroid dienone is 4. The summed E-state index contributed by atoms with van der Waals surface area (Å²) in [6, 6.07) is 9.97. The molecule has 6 unspecified atom stereocenters. The Kier molecular flexibility index (Phi) is 4.80. The maximum Gasteiger partial charge on any atom is 0.223 e. The highest BCUT2D eigenvalue weighted by molar-refractivity contribution is 6.01. The molecule has 0 aromatic heterocycles. The van der Waals surface area contributed by atoms with Gasteiger partial charge in [-0.1, -0.05) is 55.8 Å². The molecule has 1 aromatic carbocycles. The number of carbonyl (C=O) groups excluding carboxylic acids is 3. The Morgan fingerprint density at radius 3 is 2.65 bits per heavy atom. The summed E-state index contributed by atoms with van der Waals surface area (Å²) in [4.78, 5) is 38.7. The summed E-state index contributed by atoms with van der Waals surface area (Å²) in [5.41, 5.74) is 1.59. The van der Waals surface area contributed by atoms with Gasteiger partial charge in [-0.3, -0.25) is 14.4 Å². The van der Waals surface area contributed by atoms with Crippen LogP contribution in [0.15, 0.2) is 54.1 Å². The van der Waals surface area contributed by atoms with Crippen LogP contribution in [-0.4, -0.2) is 17.5 Å². The molecule has 1 N–H and O–H groups in total. The zero-order chi connectivity index (χ0) is 21.8. The SMILES string of the molecule is CC12C=CC(=O)C=C1CCC1C2C(=O)CC2(C)C(C(=O)NCc3ccccc3)CCC12. The minimum atomic E-state index is -0.344. The minimum Gasteiger partial charge on any atom is -0.352 e. The van der Waals surface area contributed by atoms with E-state index in [-0.39, 0.29) is 46.1 Å². The van der Waals surface area contributed by atoms with Gasteiger partial charge in [0.1, 0.15) is 5.78 Å². The molecule has 1 aromatic rings. The third kappa shape index (κ3) is 3.14. The molecule has 4 heteroatoms. The molecule has 4 aliphatic rings. The fraction of sp³-hybridized carbons (Fsp3) is 0.519. The van der Waals surface area contributed by atoms with E-state index in [0.29, 0.717) is 18.9 Å². The molecule has 0 radical (unpaired) electrons. The molecular weight excluding hydrogens is 386 g/mol. The molecule has 162 valence electrons. The van der Waals surface area contributed by atoms with Crippen LogP contribution in [0.2, 0.25) is 0 Å². The first kappa shape index (κ1) is 20.4. The van der Waals surface area contributed by atoms with Gasteiger partial charge in [-0.05, 0) is 60.6 Å². The number of carbonyl (C=O) groups is 3. The molecule has 1 amide bonds. The molecule has 0 saturated heterocycles. The topological polar surface area (TPSA) is 63.2 Å². The first-order valence-corrected chi connectivity index (χ1v) is 11.6. The van der Waals surface area contributed by atoms with E-state index in [1.54, 1.807) is 12.2 Å². The van der Waals surface area contributed by atoms with Crippen molar-refractivity contribution < 1.29 is 14.4 Å². The number of hydrogen-bond donors (Lipinski definition) is 1. The second-order valence-corrected chi connectivity index (χ2v) is 10.5. The molecule has 4 aliphatic carbocycles. The Balaban J connectivity index is 1.38. The van der Waals surface area contributed by atoms with Crippen molar-refractivity contribution in [3.63, 3.8) is 0 Å². The normalized spacial score (nSPS) is 38.7. The van der Waals surface area contributed by atoms with Gasteiger partial charge >= 0.3 is 0 Å². The molecule has 3 saturated carbocycles. The highest BCUT2D eigenvalue weighted by Gasteiger charge is 2.62. The monoisotopic (exact) mass is 417 g/mol. The number of Topliss-reactive ketones (excluding diaryl/α,β-unsaturated/α-hetero) is 1. The number of rotatable bonds is 3. The van der Waals surface area contributed by atoms with Crippen molar-refractivity contribution in [3.05, 3.63) is 59.7 Å². The van der Waals surface area contributed by atoms with Crippen molar-refractivity contribution in [1.82, 2.24) is 5.32 Å². The zero-order valence-electron chi connectivity index (χ0n) is 18.4. The lowest BCUT2D eigenvalue weighted by Crippen LogP contribution is -2.55. The van der Waals surface area contributed by atoms with Crippen molar-refractivity contribution in [2.24, 2.45) is 34.5 Å². The van der Waals surface area contributed by atoms with Crippen LogP contribution in [0, 0.1) is 34.5 Å². The summed E-state index contributed by atoms with van der Waals surface area (Å²) in [5.74, 6) is 0.894. The van der Waals surface area contributed by atoms with E-state index in [0.717, 1.165) is 36.8 Å². The summed E-state index contributed by atoms with van der Waals surface area (Å²) in [6.07, 6.45) is 9.52. The maximum atomic E-state index is 13.6. The van der Waals surface area contributed by atoms with Crippen LogP contribution in [0.4, 0.5) is 0 Å². The van der Waals surface area contributed by atoms with Gasteiger partial charge in [0.15, 0.2) is 5.78 Å². The van der Waals surface area contributed by atoms with E-state index in [9.17, 15) is 14.4 Å². The highest BCUT2D eigenvalue weighted by Crippen LogP contribution is 2.64. The van der Waals surface area contributed by atoms with Gasteiger partial charge in [0.25, 0.3) is 0 Å². The molecule has 5 rings (SSSR count). The number of amides is 1. The van der Waals surface area contributed by atoms with Crippen molar-refractivity contribution in [3.8, 4) is 0 Å². The Labute approximate surface area is 184 Å². The molecule has 6 atom stereocenters. The maximum absolute atomic E-state index is 13.6. The number of benzene rings is 1. The van der Waals surface area contributed by atoms with Crippen molar-refractivity contribution in [2.75, 3.05) is 0 Å². The van der Waals surface area contributed by atoms with E-state index in [4.69, 9.17) is 0 Å². The van der Waals surface area contributed by atoms with Crippen molar-refractivity contribution in [2.45, 2.75) is 52.5 Å². The Hall–Kier alpha value is -2.49. The van der Waals surface area contributed by atoms with E-state index < -0.39 is 0 Å². The third-order valence-corrected chi connectivity index (χ3v) is 8.88.